The lowest BCUT2D eigenvalue weighted by Crippen LogP contribution is -2.14. The van der Waals surface area contributed by atoms with Gasteiger partial charge in [-0.1, -0.05) is 18.5 Å². The molecule has 0 unspecified atom stereocenters. The van der Waals surface area contributed by atoms with Crippen LogP contribution in [0.4, 0.5) is 11.4 Å². The zero-order chi connectivity index (χ0) is 19.7. The fourth-order valence-corrected chi connectivity index (χ4v) is 4.36. The van der Waals surface area contributed by atoms with E-state index in [-0.39, 0.29) is 31.8 Å². The summed E-state index contributed by atoms with van der Waals surface area (Å²) in [6.45, 7) is 2.91. The van der Waals surface area contributed by atoms with Gasteiger partial charge < -0.3 is 0 Å². The van der Waals surface area contributed by atoms with Gasteiger partial charge in [-0.3, -0.25) is 14.8 Å². The van der Waals surface area contributed by atoms with Crippen LogP contribution in [0.2, 0.25) is 5.02 Å². The molecule has 26 heavy (non-hydrogen) atoms. The number of nitro groups is 1. The second-order valence-corrected chi connectivity index (χ2v) is 9.71. The first-order chi connectivity index (χ1) is 12.0. The van der Waals surface area contributed by atoms with E-state index in [1.54, 1.807) is 0 Å². The van der Waals surface area contributed by atoms with Crippen molar-refractivity contribution in [1.29, 1.82) is 0 Å². The van der Waals surface area contributed by atoms with Crippen LogP contribution in [0.15, 0.2) is 46.2 Å². The van der Waals surface area contributed by atoms with E-state index in [0.29, 0.717) is 0 Å². The molecule has 11 heteroatoms. The Hall–Kier alpha value is -2.17. The normalized spacial score (nSPS) is 12.0. The van der Waals surface area contributed by atoms with E-state index >= 15 is 0 Å². The number of rotatable bonds is 6. The lowest BCUT2D eigenvalue weighted by molar-refractivity contribution is -0.385. The highest BCUT2D eigenvalue weighted by molar-refractivity contribution is 7.92. The average Bonchev–Trinajstić information content (AvgIpc) is 2.56. The van der Waals surface area contributed by atoms with Crippen molar-refractivity contribution in [2.75, 3.05) is 10.5 Å². The minimum Gasteiger partial charge on any atom is -0.280 e. The summed E-state index contributed by atoms with van der Waals surface area (Å²) in [5.41, 5.74) is -0.147. The number of sulfone groups is 1. The van der Waals surface area contributed by atoms with Gasteiger partial charge in [-0.05, 0) is 37.3 Å². The van der Waals surface area contributed by atoms with E-state index in [1.165, 1.54) is 38.1 Å². The molecule has 0 aliphatic heterocycles. The molecule has 0 bridgehead atoms. The van der Waals surface area contributed by atoms with Crippen LogP contribution in [0, 0.1) is 17.0 Å². The highest BCUT2D eigenvalue weighted by Gasteiger charge is 2.23. The number of nitrogens with zero attached hydrogens (tertiary/aromatic N) is 1. The van der Waals surface area contributed by atoms with Gasteiger partial charge >= 0.3 is 0 Å². The Morgan fingerprint density at radius 3 is 2.15 bits per heavy atom. The van der Waals surface area contributed by atoms with Crippen LogP contribution in [-0.4, -0.2) is 27.5 Å². The molecule has 0 fully saturated rings. The Kier molecular flexibility index (Phi) is 5.59. The van der Waals surface area contributed by atoms with Gasteiger partial charge in [-0.15, -0.1) is 0 Å². The predicted octanol–water partition coefficient (Wildman–Crippen LogP) is 3.15. The Morgan fingerprint density at radius 1 is 1.08 bits per heavy atom. The quantitative estimate of drug-likeness (QED) is 0.567. The summed E-state index contributed by atoms with van der Waals surface area (Å²) in [6.07, 6.45) is 0. The van der Waals surface area contributed by atoms with Crippen LogP contribution in [-0.2, 0) is 19.9 Å². The van der Waals surface area contributed by atoms with Gasteiger partial charge in [0.25, 0.3) is 15.7 Å². The minimum atomic E-state index is -4.15. The van der Waals surface area contributed by atoms with Crippen molar-refractivity contribution in [3.8, 4) is 0 Å². The molecule has 1 N–H and O–H groups in total. The smallest absolute Gasteiger partial charge is 0.275 e. The highest BCUT2D eigenvalue weighted by Crippen LogP contribution is 2.30. The third-order valence-electron chi connectivity index (χ3n) is 3.64. The monoisotopic (exact) mass is 418 g/mol. The maximum Gasteiger partial charge on any atom is 0.275 e. The Bertz CT molecular complexity index is 1060. The maximum atomic E-state index is 12.5. The maximum absolute atomic E-state index is 12.5. The van der Waals surface area contributed by atoms with Crippen molar-refractivity contribution < 1.29 is 21.8 Å². The molecular formula is C15H15ClN2O6S2. The van der Waals surface area contributed by atoms with Crippen molar-refractivity contribution in [2.45, 2.75) is 23.6 Å². The standard InChI is InChI=1S/C15H15ClN2O6S2/c1-3-25(21,22)12-6-4-11(5-7-12)17-26(23,24)13-8-14(16)10(2)15(9-13)18(19)20/h4-9,17H,3H2,1-2H3. The fraction of sp³-hybridized carbons (Fsp3) is 0.200. The third kappa shape index (κ3) is 4.14. The molecule has 0 spiro atoms. The zero-order valence-electron chi connectivity index (χ0n) is 13.8. The molecule has 0 aliphatic carbocycles. The lowest BCUT2D eigenvalue weighted by atomic mass is 10.2. The van der Waals surface area contributed by atoms with Crippen LogP contribution in [0.25, 0.3) is 0 Å². The summed E-state index contributed by atoms with van der Waals surface area (Å²) < 4.78 is 50.7. The molecule has 0 saturated heterocycles. The molecule has 0 heterocycles. The molecule has 0 aromatic heterocycles. The molecule has 0 aliphatic rings. The first kappa shape index (κ1) is 20.1. The Labute approximate surface area is 155 Å². The largest absolute Gasteiger partial charge is 0.280 e. The molecular weight excluding hydrogens is 404 g/mol. The summed E-state index contributed by atoms with van der Waals surface area (Å²) in [7, 11) is -7.56. The minimum absolute atomic E-state index is 0.0519. The number of anilines is 1. The third-order valence-corrected chi connectivity index (χ3v) is 7.15. The summed E-state index contributed by atoms with van der Waals surface area (Å²) in [4.78, 5) is 10.0. The van der Waals surface area contributed by atoms with Gasteiger partial charge in [0.1, 0.15) is 0 Å². The van der Waals surface area contributed by atoms with Gasteiger partial charge in [0, 0.05) is 17.3 Å². The van der Waals surface area contributed by atoms with Gasteiger partial charge in [0.2, 0.25) is 0 Å². The Morgan fingerprint density at radius 2 is 1.65 bits per heavy atom. The molecule has 2 rings (SSSR count). The molecule has 8 nitrogen and oxygen atoms in total. The van der Waals surface area contributed by atoms with Crippen molar-refractivity contribution in [1.82, 2.24) is 0 Å². The Balaban J connectivity index is 2.39. The first-order valence-electron chi connectivity index (χ1n) is 7.28. The highest BCUT2D eigenvalue weighted by atomic mass is 35.5. The molecule has 0 amide bonds. The van der Waals surface area contributed by atoms with E-state index in [1.807, 2.05) is 0 Å². The number of sulfonamides is 1. The number of nitro benzene ring substituents is 1. The molecule has 2 aromatic carbocycles. The molecule has 140 valence electrons. The summed E-state index contributed by atoms with van der Waals surface area (Å²) in [5, 5.41) is 11.0. The van der Waals surface area contributed by atoms with E-state index in [2.05, 4.69) is 4.72 Å². The molecule has 0 atom stereocenters. The first-order valence-corrected chi connectivity index (χ1v) is 10.8. The molecule has 2 aromatic rings. The van der Waals surface area contributed by atoms with Crippen LogP contribution in [0.5, 0.6) is 0 Å². The predicted molar refractivity (Wildman–Crippen MR) is 97.8 cm³/mol. The lowest BCUT2D eigenvalue weighted by Gasteiger charge is -2.10. The van der Waals surface area contributed by atoms with Gasteiger partial charge in [-0.25, -0.2) is 16.8 Å². The van der Waals surface area contributed by atoms with E-state index < -0.39 is 30.5 Å². The SMILES string of the molecule is CCS(=O)(=O)c1ccc(NS(=O)(=O)c2cc(Cl)c(C)c([N+](=O)[O-])c2)cc1. The second kappa shape index (κ2) is 7.22. The van der Waals surface area contributed by atoms with Crippen LogP contribution in [0.1, 0.15) is 12.5 Å². The van der Waals surface area contributed by atoms with E-state index in [9.17, 15) is 26.9 Å². The van der Waals surface area contributed by atoms with Crippen molar-refractivity contribution >= 4 is 42.8 Å². The van der Waals surface area contributed by atoms with Crippen LogP contribution in [0.3, 0.4) is 0 Å². The van der Waals surface area contributed by atoms with E-state index in [4.69, 9.17) is 11.6 Å². The topological polar surface area (TPSA) is 123 Å². The average molecular weight is 419 g/mol. The fourth-order valence-electron chi connectivity index (χ4n) is 2.10. The number of nitrogens with one attached hydrogen (secondary N) is 1. The van der Waals surface area contributed by atoms with Gasteiger partial charge in [0.05, 0.1) is 25.5 Å². The van der Waals surface area contributed by atoms with Gasteiger partial charge in [0.15, 0.2) is 9.84 Å². The van der Waals surface area contributed by atoms with Crippen molar-refractivity contribution in [3.63, 3.8) is 0 Å². The number of benzene rings is 2. The van der Waals surface area contributed by atoms with Crippen LogP contribution >= 0.6 is 11.6 Å². The molecule has 0 saturated carbocycles. The summed E-state index contributed by atoms with van der Waals surface area (Å²) in [5.74, 6) is -0.0798. The number of hydrogen-bond donors (Lipinski definition) is 1. The summed E-state index contributed by atoms with van der Waals surface area (Å²) in [6, 6.07) is 7.18. The number of halogens is 1. The van der Waals surface area contributed by atoms with Crippen LogP contribution < -0.4 is 4.72 Å². The van der Waals surface area contributed by atoms with E-state index in [0.717, 1.165) is 12.1 Å². The van der Waals surface area contributed by atoms with Crippen molar-refractivity contribution in [2.24, 2.45) is 0 Å². The zero-order valence-corrected chi connectivity index (χ0v) is 16.2. The summed E-state index contributed by atoms with van der Waals surface area (Å²) >= 11 is 5.90. The van der Waals surface area contributed by atoms with Crippen molar-refractivity contribution in [3.05, 3.63) is 57.1 Å². The van der Waals surface area contributed by atoms with Gasteiger partial charge in [-0.2, -0.15) is 0 Å². The number of hydrogen-bond acceptors (Lipinski definition) is 6. The second-order valence-electron chi connectivity index (χ2n) is 5.34. The molecule has 0 radical (unpaired) electrons.